The Morgan fingerprint density at radius 2 is 1.30 bits per heavy atom. The quantitative estimate of drug-likeness (QED) is 0.193. The summed E-state index contributed by atoms with van der Waals surface area (Å²) in [5.41, 5.74) is -2.74. The van der Waals surface area contributed by atoms with Gasteiger partial charge in [0.05, 0.1) is 26.1 Å². The molecule has 0 radical (unpaired) electrons. The van der Waals surface area contributed by atoms with Crippen LogP contribution in [-0.4, -0.2) is 83.3 Å². The van der Waals surface area contributed by atoms with Crippen LogP contribution in [0.2, 0.25) is 0 Å². The molecule has 0 aromatic heterocycles. The van der Waals surface area contributed by atoms with Gasteiger partial charge in [-0.1, -0.05) is 0 Å². The average molecular weight is 364 g/mol. The fraction of sp³-hybridized carbons (Fsp3) is 0.667. The second-order valence-corrected chi connectivity index (χ2v) is 5.25. The molecule has 0 aromatic rings. The van der Waals surface area contributed by atoms with Crippen LogP contribution in [0, 0.1) is 0 Å². The number of phosphoric ester groups is 1. The van der Waals surface area contributed by atoms with Crippen molar-refractivity contribution in [1.82, 2.24) is 0 Å². The molecule has 0 saturated carbocycles. The van der Waals surface area contributed by atoms with Gasteiger partial charge in [-0.25, -0.2) is 9.36 Å². The molecule has 0 saturated heterocycles. The van der Waals surface area contributed by atoms with E-state index >= 15 is 0 Å². The van der Waals surface area contributed by atoms with E-state index in [0.717, 1.165) is 0 Å². The second kappa shape index (κ2) is 10.2. The lowest BCUT2D eigenvalue weighted by Gasteiger charge is -2.18. The summed E-state index contributed by atoms with van der Waals surface area (Å²) in [5.74, 6) is -5.02. The van der Waals surface area contributed by atoms with E-state index < -0.39 is 63.5 Å². The van der Waals surface area contributed by atoms with Gasteiger partial charge in [0.1, 0.15) is 6.10 Å². The van der Waals surface area contributed by atoms with E-state index in [1.165, 1.54) is 0 Å². The first-order valence-corrected chi connectivity index (χ1v) is 7.15. The van der Waals surface area contributed by atoms with Gasteiger partial charge in [0.2, 0.25) is 0 Å². The molecule has 14 heteroatoms. The first kappa shape index (κ1) is 23.7. The zero-order chi connectivity index (χ0) is 18.8. The lowest BCUT2D eigenvalue weighted by Crippen LogP contribution is -2.42. The van der Waals surface area contributed by atoms with Crippen LogP contribution < -0.4 is 0 Å². The molecule has 8 N–H and O–H groups in total. The number of carbonyl (C=O) groups is 3. The van der Waals surface area contributed by atoms with Crippen molar-refractivity contribution in [2.45, 2.75) is 24.5 Å². The zero-order valence-electron chi connectivity index (χ0n) is 11.5. The summed E-state index contributed by atoms with van der Waals surface area (Å²) in [6.07, 6.45) is -3.50. The molecule has 0 spiro atoms. The van der Waals surface area contributed by atoms with Crippen LogP contribution in [0.4, 0.5) is 0 Å². The number of phosphoric acid groups is 1. The topological polar surface area (TPSA) is 239 Å². The number of aliphatic carboxylic acids is 3. The number of hydrogen-bond donors (Lipinski definition) is 8. The molecule has 0 unspecified atom stereocenters. The van der Waals surface area contributed by atoms with Crippen LogP contribution in [0.1, 0.15) is 12.8 Å². The second-order valence-electron chi connectivity index (χ2n) is 4.06. The van der Waals surface area contributed by atoms with E-state index in [0.29, 0.717) is 0 Å². The van der Waals surface area contributed by atoms with Gasteiger partial charge in [-0.3, -0.25) is 14.1 Å². The van der Waals surface area contributed by atoms with Gasteiger partial charge in [-0.2, -0.15) is 0 Å². The summed E-state index contributed by atoms with van der Waals surface area (Å²) in [4.78, 5) is 46.7. The van der Waals surface area contributed by atoms with Gasteiger partial charge in [0, 0.05) is 0 Å². The van der Waals surface area contributed by atoms with E-state index in [9.17, 15) is 18.9 Å². The predicted molar refractivity (Wildman–Crippen MR) is 68.2 cm³/mol. The van der Waals surface area contributed by atoms with Crippen molar-refractivity contribution in [2.75, 3.05) is 13.2 Å². The molecule has 0 heterocycles. The minimum Gasteiger partial charge on any atom is -0.481 e. The minimum absolute atomic E-state index is 0.623. The molecular weight excluding hydrogens is 347 g/mol. The molecule has 136 valence electrons. The first-order chi connectivity index (χ1) is 10.3. The molecule has 0 amide bonds. The van der Waals surface area contributed by atoms with Crippen molar-refractivity contribution >= 4 is 25.7 Å². The third kappa shape index (κ3) is 12.6. The van der Waals surface area contributed by atoms with Crippen LogP contribution in [0.5, 0.6) is 0 Å². The fourth-order valence-electron chi connectivity index (χ4n) is 1.03. The lowest BCUT2D eigenvalue weighted by molar-refractivity contribution is -0.170. The maximum atomic E-state index is 10.3. The summed E-state index contributed by atoms with van der Waals surface area (Å²) < 4.78 is 13.9. The van der Waals surface area contributed by atoms with Crippen LogP contribution in [0.15, 0.2) is 0 Å². The average Bonchev–Trinajstić information content (AvgIpc) is 2.33. The Hall–Kier alpha value is -1.60. The number of rotatable bonds is 9. The number of aliphatic hydroxyl groups is 3. The van der Waals surface area contributed by atoms with E-state index in [1.807, 2.05) is 0 Å². The SMILES string of the molecule is O=C(O)CC(O)(CC(=O)O)C(=O)O.O=P(O)(O)OC(CO)CO. The van der Waals surface area contributed by atoms with Crippen molar-refractivity contribution in [3.05, 3.63) is 0 Å². The number of carboxylic acid groups (broad SMARTS) is 3. The van der Waals surface area contributed by atoms with Gasteiger partial charge >= 0.3 is 25.7 Å². The highest BCUT2D eigenvalue weighted by Crippen LogP contribution is 2.37. The number of hydrogen-bond acceptors (Lipinski definition) is 8. The summed E-state index contributed by atoms with van der Waals surface area (Å²) in [5, 5.41) is 50.3. The molecule has 0 atom stereocenters. The highest BCUT2D eigenvalue weighted by Gasteiger charge is 2.40. The lowest BCUT2D eigenvalue weighted by atomic mass is 9.96. The Kier molecular flexibility index (Phi) is 10.5. The Morgan fingerprint density at radius 3 is 1.43 bits per heavy atom. The van der Waals surface area contributed by atoms with Crippen LogP contribution in [0.3, 0.4) is 0 Å². The zero-order valence-corrected chi connectivity index (χ0v) is 12.4. The van der Waals surface area contributed by atoms with Crippen molar-refractivity contribution in [2.24, 2.45) is 0 Å². The highest BCUT2D eigenvalue weighted by atomic mass is 31.2. The summed E-state index contributed by atoms with van der Waals surface area (Å²) in [7, 11) is -4.57. The Balaban J connectivity index is 0. The molecule has 0 rings (SSSR count). The molecule has 0 aromatic carbocycles. The Morgan fingerprint density at radius 1 is 0.957 bits per heavy atom. The van der Waals surface area contributed by atoms with E-state index in [4.69, 9.17) is 40.4 Å². The highest BCUT2D eigenvalue weighted by molar-refractivity contribution is 7.46. The maximum Gasteiger partial charge on any atom is 0.470 e. The third-order valence-corrected chi connectivity index (χ3v) is 2.55. The molecule has 13 nitrogen and oxygen atoms in total. The maximum absolute atomic E-state index is 10.3. The van der Waals surface area contributed by atoms with Gasteiger partial charge < -0.3 is 40.4 Å². The first-order valence-electron chi connectivity index (χ1n) is 5.62. The van der Waals surface area contributed by atoms with E-state index in [1.54, 1.807) is 0 Å². The minimum atomic E-state index is -4.57. The van der Waals surface area contributed by atoms with Crippen molar-refractivity contribution in [1.29, 1.82) is 0 Å². The largest absolute Gasteiger partial charge is 0.481 e. The monoisotopic (exact) mass is 364 g/mol. The van der Waals surface area contributed by atoms with Crippen LogP contribution in [0.25, 0.3) is 0 Å². The van der Waals surface area contributed by atoms with Crippen molar-refractivity contribution in [3.8, 4) is 0 Å². The molecule has 0 aliphatic rings. The fourth-order valence-corrected chi connectivity index (χ4v) is 1.55. The van der Waals surface area contributed by atoms with Crippen molar-refractivity contribution in [3.63, 3.8) is 0 Å². The summed E-state index contributed by atoms with van der Waals surface area (Å²) >= 11 is 0. The third-order valence-electron chi connectivity index (χ3n) is 1.98. The van der Waals surface area contributed by atoms with E-state index in [2.05, 4.69) is 4.52 Å². The van der Waals surface area contributed by atoms with Gasteiger partial charge in [-0.05, 0) is 0 Å². The smallest absolute Gasteiger partial charge is 0.470 e. The molecule has 0 bridgehead atoms. The predicted octanol–water partition coefficient (Wildman–Crippen LogP) is -2.80. The molecule has 23 heavy (non-hydrogen) atoms. The Bertz CT molecular complexity index is 434. The molecule has 0 aliphatic heterocycles. The van der Waals surface area contributed by atoms with Gasteiger partial charge in [0.25, 0.3) is 0 Å². The van der Waals surface area contributed by atoms with Gasteiger partial charge in [-0.15, -0.1) is 0 Å². The van der Waals surface area contributed by atoms with E-state index in [-0.39, 0.29) is 0 Å². The van der Waals surface area contributed by atoms with Crippen LogP contribution >= 0.6 is 7.82 Å². The number of carboxylic acids is 3. The Labute approximate surface area is 128 Å². The summed E-state index contributed by atoms with van der Waals surface area (Å²) in [6, 6.07) is 0. The van der Waals surface area contributed by atoms with Crippen molar-refractivity contribution < 1.29 is 63.9 Å². The standard InChI is InChI=1S/C6H8O7.C3H9O6P/c7-3(8)1-6(13,5(11)12)2-4(9)10;4-1-3(2-5)9-10(6,7)8/h13H,1-2H2,(H,7,8)(H,9,10)(H,11,12);3-5H,1-2H2,(H2,6,7,8). The van der Waals surface area contributed by atoms with Crippen LogP contribution in [-0.2, 0) is 23.5 Å². The van der Waals surface area contributed by atoms with Gasteiger partial charge in [0.15, 0.2) is 5.60 Å². The molecule has 0 fully saturated rings. The summed E-state index contributed by atoms with van der Waals surface area (Å²) in [6.45, 7) is -1.25. The molecular formula is C9H17O13P. The normalized spacial score (nSPS) is 11.6. The molecule has 0 aliphatic carbocycles. The number of aliphatic hydroxyl groups excluding tert-OH is 2.